The third-order valence-corrected chi connectivity index (χ3v) is 12.8. The first-order chi connectivity index (χ1) is 14.1. The van der Waals surface area contributed by atoms with E-state index >= 15 is 0 Å². The molecule has 29 heavy (non-hydrogen) atoms. The molecule has 4 aromatic carbocycles. The first-order valence-corrected chi connectivity index (χ1v) is 13.3. The lowest BCUT2D eigenvalue weighted by Gasteiger charge is -2.25. The van der Waals surface area contributed by atoms with Crippen LogP contribution in [-0.4, -0.2) is 6.72 Å². The Balaban J connectivity index is 1.93. The molecule has 0 bridgehead atoms. The van der Waals surface area contributed by atoms with Crippen molar-refractivity contribution < 1.29 is 9.13 Å². The Morgan fingerprint density at radius 3 is 0.793 bits per heavy atom. The van der Waals surface area contributed by atoms with Crippen molar-refractivity contribution in [1.82, 2.24) is 0 Å². The van der Waals surface area contributed by atoms with Gasteiger partial charge in [-0.05, 0) is 0 Å². The monoisotopic (exact) mass is 414 g/mol. The van der Waals surface area contributed by atoms with E-state index in [4.69, 9.17) is 0 Å². The fourth-order valence-corrected chi connectivity index (χ4v) is 11.6. The highest BCUT2D eigenvalue weighted by Gasteiger charge is 2.41. The lowest BCUT2D eigenvalue weighted by molar-refractivity contribution is 0.592. The lowest BCUT2D eigenvalue weighted by Crippen LogP contribution is -2.27. The Labute approximate surface area is 172 Å². The summed E-state index contributed by atoms with van der Waals surface area (Å²) in [5.74, 6) is 0. The number of rotatable bonds is 6. The molecule has 0 atom stereocenters. The van der Waals surface area contributed by atoms with E-state index < -0.39 is 14.0 Å². The van der Waals surface area contributed by atoms with Crippen LogP contribution in [0.15, 0.2) is 121 Å². The SMILES string of the molecule is O=P(BP(=O)(c1ccccc1)c1ccccc1)(c1ccccc1)c1ccccc1. The van der Waals surface area contributed by atoms with Crippen LogP contribution in [0.5, 0.6) is 0 Å². The van der Waals surface area contributed by atoms with Crippen molar-refractivity contribution in [2.45, 2.75) is 0 Å². The molecule has 0 unspecified atom stereocenters. The van der Waals surface area contributed by atoms with E-state index in [-0.39, 0.29) is 6.72 Å². The molecule has 0 aliphatic rings. The maximum absolute atomic E-state index is 14.6. The van der Waals surface area contributed by atoms with Gasteiger partial charge in [-0.1, -0.05) is 121 Å². The largest absolute Gasteiger partial charge is 0.324 e. The Morgan fingerprint density at radius 1 is 0.379 bits per heavy atom. The molecule has 0 spiro atoms. The van der Waals surface area contributed by atoms with Gasteiger partial charge < -0.3 is 9.13 Å². The van der Waals surface area contributed by atoms with Crippen molar-refractivity contribution in [3.8, 4) is 0 Å². The van der Waals surface area contributed by atoms with Crippen molar-refractivity contribution in [1.29, 1.82) is 0 Å². The number of benzene rings is 4. The van der Waals surface area contributed by atoms with Gasteiger partial charge in [-0.2, -0.15) is 0 Å². The van der Waals surface area contributed by atoms with Crippen LogP contribution in [0.4, 0.5) is 0 Å². The van der Waals surface area contributed by atoms with Crippen LogP contribution in [0.1, 0.15) is 0 Å². The Kier molecular flexibility index (Phi) is 5.72. The molecule has 4 aromatic rings. The molecule has 0 saturated heterocycles. The molecule has 0 aliphatic heterocycles. The van der Waals surface area contributed by atoms with Gasteiger partial charge in [0.2, 0.25) is 0 Å². The highest BCUT2D eigenvalue weighted by atomic mass is 31.2. The first kappa shape index (κ1) is 19.7. The van der Waals surface area contributed by atoms with Gasteiger partial charge in [0.05, 0.1) is 0 Å². The van der Waals surface area contributed by atoms with E-state index in [1.165, 1.54) is 0 Å². The second-order valence-electron chi connectivity index (χ2n) is 6.96. The third kappa shape index (κ3) is 3.94. The van der Waals surface area contributed by atoms with Gasteiger partial charge in [0.15, 0.2) is 0 Å². The highest BCUT2D eigenvalue weighted by Crippen LogP contribution is 2.56. The maximum atomic E-state index is 14.6. The Bertz CT molecular complexity index is 983. The van der Waals surface area contributed by atoms with Gasteiger partial charge >= 0.3 is 0 Å². The zero-order valence-electron chi connectivity index (χ0n) is 16.0. The summed E-state index contributed by atoms with van der Waals surface area (Å²) in [5, 5.41) is 2.94. The second-order valence-corrected chi connectivity index (χ2v) is 13.1. The van der Waals surface area contributed by atoms with Crippen LogP contribution in [0.2, 0.25) is 0 Å². The third-order valence-electron chi connectivity index (χ3n) is 5.09. The van der Waals surface area contributed by atoms with Gasteiger partial charge in [0.25, 0.3) is 6.72 Å². The summed E-state index contributed by atoms with van der Waals surface area (Å²) < 4.78 is 29.2. The van der Waals surface area contributed by atoms with Gasteiger partial charge in [-0.25, -0.2) is 0 Å². The molecule has 142 valence electrons. The van der Waals surface area contributed by atoms with Crippen molar-refractivity contribution in [3.05, 3.63) is 121 Å². The molecule has 5 heteroatoms. The topological polar surface area (TPSA) is 34.1 Å². The molecule has 0 amide bonds. The minimum atomic E-state index is -3.14. The predicted octanol–water partition coefficient (Wildman–Crippen LogP) is 4.28. The molecular weight excluding hydrogens is 393 g/mol. The summed E-state index contributed by atoms with van der Waals surface area (Å²) >= 11 is 0. The van der Waals surface area contributed by atoms with Crippen molar-refractivity contribution in [2.75, 3.05) is 0 Å². The summed E-state index contributed by atoms with van der Waals surface area (Å²) in [7, 11) is -6.28. The van der Waals surface area contributed by atoms with E-state index in [9.17, 15) is 9.13 Å². The Hall–Kier alpha value is -2.60. The van der Waals surface area contributed by atoms with E-state index in [0.29, 0.717) is 0 Å². The van der Waals surface area contributed by atoms with Crippen LogP contribution in [0, 0.1) is 0 Å². The maximum Gasteiger partial charge on any atom is 0.298 e. The summed E-state index contributed by atoms with van der Waals surface area (Å²) in [5.41, 5.74) is 0. The molecule has 0 N–H and O–H groups in total. The van der Waals surface area contributed by atoms with Gasteiger partial charge in [0, 0.05) is 21.2 Å². The average Bonchev–Trinajstić information content (AvgIpc) is 2.81. The van der Waals surface area contributed by atoms with E-state index in [2.05, 4.69) is 0 Å². The van der Waals surface area contributed by atoms with Gasteiger partial charge in [-0.15, -0.1) is 0 Å². The molecular formula is C24H21BO2P2. The molecule has 0 aromatic heterocycles. The van der Waals surface area contributed by atoms with E-state index in [0.717, 1.165) is 21.2 Å². The normalized spacial score (nSPS) is 11.7. The standard InChI is InChI=1S/C24H21BO2P2/c26-28(21-13-5-1-6-14-21,22-15-7-2-8-16-22)25-29(27,23-17-9-3-10-18-23)24-19-11-4-12-20-24/h1-20,25H. The molecule has 4 rings (SSSR count). The minimum absolute atomic E-state index is 0.0854. The van der Waals surface area contributed by atoms with Crippen LogP contribution in [0.25, 0.3) is 0 Å². The van der Waals surface area contributed by atoms with E-state index in [1.807, 2.05) is 121 Å². The lowest BCUT2D eigenvalue weighted by atomic mass is 10.4. The van der Waals surface area contributed by atoms with Gasteiger partial charge in [-0.3, -0.25) is 0 Å². The smallest absolute Gasteiger partial charge is 0.298 e. The number of hydrogen-bond acceptors (Lipinski definition) is 2. The summed E-state index contributed by atoms with van der Waals surface area (Å²) in [4.78, 5) is 0. The average molecular weight is 414 g/mol. The molecule has 0 heterocycles. The van der Waals surface area contributed by atoms with Crippen LogP contribution in [0.3, 0.4) is 0 Å². The minimum Gasteiger partial charge on any atom is -0.324 e. The van der Waals surface area contributed by atoms with E-state index in [1.54, 1.807) is 0 Å². The Morgan fingerprint density at radius 2 is 0.586 bits per heavy atom. The zero-order chi connectivity index (χ0) is 20.2. The number of hydrogen-bond donors (Lipinski definition) is 0. The molecule has 0 fully saturated rings. The summed E-state index contributed by atoms with van der Waals surface area (Å²) in [6.45, 7) is 0.0854. The molecule has 0 aliphatic carbocycles. The highest BCUT2D eigenvalue weighted by molar-refractivity contribution is 8.29. The quantitative estimate of drug-likeness (QED) is 0.349. The molecule has 0 radical (unpaired) electrons. The van der Waals surface area contributed by atoms with Crippen LogP contribution < -0.4 is 21.2 Å². The zero-order valence-corrected chi connectivity index (χ0v) is 17.8. The predicted molar refractivity (Wildman–Crippen MR) is 127 cm³/mol. The first-order valence-electron chi connectivity index (χ1n) is 9.53. The second kappa shape index (κ2) is 8.41. The van der Waals surface area contributed by atoms with Gasteiger partial charge in [0.1, 0.15) is 14.0 Å². The summed E-state index contributed by atoms with van der Waals surface area (Å²) in [6.07, 6.45) is 0. The van der Waals surface area contributed by atoms with Crippen LogP contribution in [-0.2, 0) is 9.13 Å². The fourth-order valence-electron chi connectivity index (χ4n) is 3.58. The molecule has 0 saturated carbocycles. The van der Waals surface area contributed by atoms with Crippen LogP contribution >= 0.6 is 14.0 Å². The fraction of sp³-hybridized carbons (Fsp3) is 0. The van der Waals surface area contributed by atoms with Crippen molar-refractivity contribution in [2.24, 2.45) is 0 Å². The van der Waals surface area contributed by atoms with Crippen molar-refractivity contribution in [3.63, 3.8) is 0 Å². The summed E-state index contributed by atoms with van der Waals surface area (Å²) in [6, 6.07) is 37.8. The molecule has 2 nitrogen and oxygen atoms in total. The van der Waals surface area contributed by atoms with Crippen molar-refractivity contribution >= 4 is 42.0 Å².